The van der Waals surface area contributed by atoms with Crippen LogP contribution in [0.1, 0.15) is 55.0 Å². The van der Waals surface area contributed by atoms with Gasteiger partial charge in [0.1, 0.15) is 21.3 Å². The molecule has 2 aromatic carbocycles. The number of hydrogen-bond acceptors (Lipinski definition) is 7. The molecule has 1 heterocycles. The van der Waals surface area contributed by atoms with Gasteiger partial charge in [0, 0.05) is 36.0 Å². The molecule has 8 nitrogen and oxygen atoms in total. The molecule has 0 unspecified atom stereocenters. The first kappa shape index (κ1) is 22.0. The first-order valence-corrected chi connectivity index (χ1v) is 12.1. The van der Waals surface area contributed by atoms with Crippen LogP contribution in [0.15, 0.2) is 30.3 Å². The highest BCUT2D eigenvalue weighted by Gasteiger charge is 2.36. The van der Waals surface area contributed by atoms with E-state index in [9.17, 15) is 22.8 Å². The van der Waals surface area contributed by atoms with E-state index in [1.807, 2.05) is 0 Å². The van der Waals surface area contributed by atoms with Crippen LogP contribution < -0.4 is 9.47 Å². The Morgan fingerprint density at radius 1 is 0.938 bits per heavy atom. The second-order valence-electron chi connectivity index (χ2n) is 7.96. The summed E-state index contributed by atoms with van der Waals surface area (Å²) in [5.41, 5.74) is 0.799. The van der Waals surface area contributed by atoms with Gasteiger partial charge in [-0.3, -0.25) is 14.4 Å². The number of piperidine rings is 1. The summed E-state index contributed by atoms with van der Waals surface area (Å²) in [5.74, 6) is -0.710. The lowest BCUT2D eigenvalue weighted by molar-refractivity contribution is 0.0725. The predicted octanol–water partition coefficient (Wildman–Crippen LogP) is 2.13. The highest BCUT2D eigenvalue weighted by atomic mass is 32.2. The Hall–Kier alpha value is -3.20. The van der Waals surface area contributed by atoms with E-state index in [0.29, 0.717) is 31.7 Å². The van der Waals surface area contributed by atoms with Crippen LogP contribution in [0.2, 0.25) is 0 Å². The van der Waals surface area contributed by atoms with Gasteiger partial charge < -0.3 is 14.4 Å². The quantitative estimate of drug-likeness (QED) is 0.591. The molecule has 1 aliphatic carbocycles. The van der Waals surface area contributed by atoms with Crippen LogP contribution in [0.25, 0.3) is 0 Å². The molecule has 9 heteroatoms. The maximum absolute atomic E-state index is 13.3. The van der Waals surface area contributed by atoms with Gasteiger partial charge >= 0.3 is 0 Å². The zero-order valence-electron chi connectivity index (χ0n) is 18.0. The molecule has 0 aromatic heterocycles. The molecule has 0 radical (unpaired) electrons. The molecule has 1 aliphatic heterocycles. The predicted molar refractivity (Wildman–Crippen MR) is 117 cm³/mol. The summed E-state index contributed by atoms with van der Waals surface area (Å²) in [5, 5.41) is -0.463. The third-order valence-corrected chi connectivity index (χ3v) is 7.78. The topological polar surface area (TPSA) is 107 Å². The van der Waals surface area contributed by atoms with Crippen LogP contribution in [0, 0.1) is 0 Å². The molecule has 1 fully saturated rings. The van der Waals surface area contributed by atoms with Crippen molar-refractivity contribution < 1.29 is 32.3 Å². The van der Waals surface area contributed by atoms with Crippen molar-refractivity contribution in [3.05, 3.63) is 58.1 Å². The average Bonchev–Trinajstić information content (AvgIpc) is 2.80. The summed E-state index contributed by atoms with van der Waals surface area (Å²) in [6.07, 6.45) is 1.92. The first-order chi connectivity index (χ1) is 15.2. The van der Waals surface area contributed by atoms with E-state index < -0.39 is 26.7 Å². The molecule has 4 rings (SSSR count). The van der Waals surface area contributed by atoms with Crippen molar-refractivity contribution in [2.45, 2.75) is 18.1 Å². The Bertz CT molecular complexity index is 1240. The zero-order chi connectivity index (χ0) is 23.2. The van der Waals surface area contributed by atoms with Gasteiger partial charge in [0.2, 0.25) is 5.78 Å². The van der Waals surface area contributed by atoms with E-state index in [1.165, 1.54) is 32.6 Å². The van der Waals surface area contributed by atoms with Crippen molar-refractivity contribution >= 4 is 27.3 Å². The van der Waals surface area contributed by atoms with Crippen LogP contribution in [-0.4, -0.2) is 69.6 Å². The van der Waals surface area contributed by atoms with E-state index in [1.54, 1.807) is 23.1 Å². The molecular weight excluding hydrogens is 434 g/mol. The number of rotatable bonds is 4. The monoisotopic (exact) mass is 457 g/mol. The minimum absolute atomic E-state index is 0.0989. The van der Waals surface area contributed by atoms with Crippen molar-refractivity contribution in [1.29, 1.82) is 0 Å². The first-order valence-electron chi connectivity index (χ1n) is 10.1. The lowest BCUT2D eigenvalue weighted by Gasteiger charge is -2.31. The van der Waals surface area contributed by atoms with Gasteiger partial charge in [-0.2, -0.15) is 0 Å². The number of ether oxygens (including phenoxy) is 2. The summed E-state index contributed by atoms with van der Waals surface area (Å²) in [7, 11) is -0.363. The van der Waals surface area contributed by atoms with Crippen molar-refractivity contribution in [3.8, 4) is 11.5 Å². The summed E-state index contributed by atoms with van der Waals surface area (Å²) in [6, 6.07) is 7.67. The van der Waals surface area contributed by atoms with Gasteiger partial charge in [-0.25, -0.2) is 8.42 Å². The third kappa shape index (κ3) is 3.56. The van der Waals surface area contributed by atoms with E-state index >= 15 is 0 Å². The summed E-state index contributed by atoms with van der Waals surface area (Å²) < 4.78 is 34.3. The number of carbonyl (C=O) groups is 3. The fourth-order valence-electron chi connectivity index (χ4n) is 4.38. The summed E-state index contributed by atoms with van der Waals surface area (Å²) >= 11 is 0. The van der Waals surface area contributed by atoms with Crippen LogP contribution >= 0.6 is 0 Å². The smallest absolute Gasteiger partial charge is 0.254 e. The molecular formula is C23H23NO7S. The Morgan fingerprint density at radius 2 is 1.56 bits per heavy atom. The fraction of sp³-hybridized carbons (Fsp3) is 0.348. The summed E-state index contributed by atoms with van der Waals surface area (Å²) in [4.78, 5) is 41.2. The van der Waals surface area contributed by atoms with E-state index in [4.69, 9.17) is 9.47 Å². The maximum atomic E-state index is 13.3. The van der Waals surface area contributed by atoms with Gasteiger partial charge in [-0.15, -0.1) is 0 Å². The molecule has 168 valence electrons. The van der Waals surface area contributed by atoms with Gasteiger partial charge in [0.15, 0.2) is 5.78 Å². The second-order valence-corrected chi connectivity index (χ2v) is 10.3. The Kier molecular flexibility index (Phi) is 5.54. The largest absolute Gasteiger partial charge is 0.496 e. The van der Waals surface area contributed by atoms with Crippen LogP contribution in [-0.2, 0) is 9.84 Å². The number of hydrogen-bond donors (Lipinski definition) is 0. The minimum Gasteiger partial charge on any atom is -0.496 e. The number of likely N-dealkylation sites (tertiary alicyclic amines) is 1. The highest BCUT2D eigenvalue weighted by molar-refractivity contribution is 7.91. The molecule has 0 saturated carbocycles. The molecule has 1 amide bonds. The lowest BCUT2D eigenvalue weighted by Crippen LogP contribution is -2.42. The van der Waals surface area contributed by atoms with E-state index in [-0.39, 0.29) is 39.5 Å². The number of amides is 1. The standard InChI is InChI=1S/C23H23NO7S/c1-30-17-6-4-5-15-19(17)22(26)20-16(21(15)25)11-13(12-18(20)31-2)23(27)24-9-7-14(8-10-24)32(3,28)29/h4-6,11-12,14H,7-10H2,1-3H3. The molecule has 0 atom stereocenters. The lowest BCUT2D eigenvalue weighted by atomic mass is 9.82. The van der Waals surface area contributed by atoms with E-state index in [0.717, 1.165) is 0 Å². The number of methoxy groups -OCH3 is 2. The zero-order valence-corrected chi connectivity index (χ0v) is 18.8. The number of nitrogens with zero attached hydrogens (tertiary/aromatic N) is 1. The number of fused-ring (bicyclic) bond motifs is 2. The van der Waals surface area contributed by atoms with Crippen molar-refractivity contribution in [3.63, 3.8) is 0 Å². The molecule has 0 N–H and O–H groups in total. The van der Waals surface area contributed by atoms with Crippen molar-refractivity contribution in [1.82, 2.24) is 4.90 Å². The van der Waals surface area contributed by atoms with Crippen molar-refractivity contribution in [2.75, 3.05) is 33.6 Å². The number of carbonyl (C=O) groups excluding carboxylic acids is 3. The third-order valence-electron chi connectivity index (χ3n) is 6.09. The summed E-state index contributed by atoms with van der Waals surface area (Å²) in [6.45, 7) is 0.589. The molecule has 0 bridgehead atoms. The Balaban J connectivity index is 1.72. The molecule has 0 spiro atoms. The van der Waals surface area contributed by atoms with Crippen molar-refractivity contribution in [2.24, 2.45) is 0 Å². The maximum Gasteiger partial charge on any atom is 0.254 e. The molecule has 32 heavy (non-hydrogen) atoms. The number of ketones is 2. The van der Waals surface area contributed by atoms with Gasteiger partial charge in [-0.05, 0) is 31.0 Å². The second kappa shape index (κ2) is 8.05. The van der Waals surface area contributed by atoms with Crippen LogP contribution in [0.3, 0.4) is 0 Å². The number of benzene rings is 2. The highest BCUT2D eigenvalue weighted by Crippen LogP contribution is 2.38. The molecule has 1 saturated heterocycles. The van der Waals surface area contributed by atoms with Gasteiger partial charge in [-0.1, -0.05) is 12.1 Å². The molecule has 2 aliphatic rings. The molecule has 2 aromatic rings. The average molecular weight is 458 g/mol. The van der Waals surface area contributed by atoms with Crippen LogP contribution in [0.5, 0.6) is 11.5 Å². The van der Waals surface area contributed by atoms with Gasteiger partial charge in [0.05, 0.1) is 30.6 Å². The van der Waals surface area contributed by atoms with Gasteiger partial charge in [0.25, 0.3) is 5.91 Å². The SMILES string of the molecule is COc1cccc2c1C(=O)c1c(OC)cc(C(=O)N3CCC(S(C)(=O)=O)CC3)cc1C2=O. The van der Waals surface area contributed by atoms with Crippen LogP contribution in [0.4, 0.5) is 0 Å². The fourth-order valence-corrected chi connectivity index (χ4v) is 5.44. The Morgan fingerprint density at radius 3 is 2.16 bits per heavy atom. The normalized spacial score (nSPS) is 16.4. The number of sulfone groups is 1. The van der Waals surface area contributed by atoms with E-state index in [2.05, 4.69) is 0 Å². The Labute approximate surface area is 186 Å². The minimum atomic E-state index is -3.16.